The van der Waals surface area contributed by atoms with Crippen LogP contribution in [0.25, 0.3) is 5.82 Å². The van der Waals surface area contributed by atoms with E-state index in [2.05, 4.69) is 10.4 Å². The van der Waals surface area contributed by atoms with Crippen molar-refractivity contribution < 1.29 is 9.90 Å². The van der Waals surface area contributed by atoms with Crippen molar-refractivity contribution in [2.75, 3.05) is 6.54 Å². The Bertz CT molecular complexity index is 587. The van der Waals surface area contributed by atoms with E-state index >= 15 is 0 Å². The van der Waals surface area contributed by atoms with E-state index in [1.165, 1.54) is 0 Å². The number of aliphatic hydroxyl groups is 1. The molecule has 6 heteroatoms. The van der Waals surface area contributed by atoms with Crippen molar-refractivity contribution in [2.24, 2.45) is 13.0 Å². The van der Waals surface area contributed by atoms with Crippen LogP contribution in [0, 0.1) is 5.92 Å². The molecule has 0 aliphatic rings. The van der Waals surface area contributed by atoms with E-state index in [0.29, 0.717) is 23.7 Å². The third kappa shape index (κ3) is 3.72. The highest BCUT2D eigenvalue weighted by Gasteiger charge is 2.18. The van der Waals surface area contributed by atoms with E-state index < -0.39 is 6.10 Å². The van der Waals surface area contributed by atoms with Gasteiger partial charge in [0.05, 0.1) is 12.3 Å². The zero-order chi connectivity index (χ0) is 15.4. The third-order valence-electron chi connectivity index (χ3n) is 3.24. The summed E-state index contributed by atoms with van der Waals surface area (Å²) in [4.78, 5) is 12.3. The molecule has 0 spiro atoms. The van der Waals surface area contributed by atoms with E-state index in [1.54, 1.807) is 17.9 Å². The van der Waals surface area contributed by atoms with Gasteiger partial charge in [0.25, 0.3) is 5.91 Å². The molecule has 0 aliphatic heterocycles. The molecule has 2 heterocycles. The lowest BCUT2D eigenvalue weighted by Gasteiger charge is -2.14. The normalized spacial score (nSPS) is 12.6. The standard InChI is InChI=1S/C15H22N4O2/c1-11(2)8-12(20)9-16-14(21)13-10-17-18(3)15(13)19-6-4-5-7-19/h4-7,10-12,20H,8-9H2,1-3H3,(H,16,21). The first kappa shape index (κ1) is 15.3. The summed E-state index contributed by atoms with van der Waals surface area (Å²) in [5, 5.41) is 16.7. The molecule has 0 radical (unpaired) electrons. The monoisotopic (exact) mass is 290 g/mol. The Kier molecular flexibility index (Phi) is 4.80. The molecule has 1 atom stereocenters. The van der Waals surface area contributed by atoms with Crippen molar-refractivity contribution in [3.8, 4) is 5.82 Å². The summed E-state index contributed by atoms with van der Waals surface area (Å²) in [5.74, 6) is 0.871. The van der Waals surface area contributed by atoms with Crippen molar-refractivity contribution in [1.29, 1.82) is 0 Å². The molecule has 2 aromatic heterocycles. The van der Waals surface area contributed by atoms with Crippen LogP contribution in [0.15, 0.2) is 30.7 Å². The second-order valence-corrected chi connectivity index (χ2v) is 5.59. The molecule has 6 nitrogen and oxygen atoms in total. The second kappa shape index (κ2) is 6.58. The molecule has 0 saturated heterocycles. The Hall–Kier alpha value is -2.08. The molecule has 0 aliphatic carbocycles. The fraction of sp³-hybridized carbons (Fsp3) is 0.467. The molecular weight excluding hydrogens is 268 g/mol. The van der Waals surface area contributed by atoms with Gasteiger partial charge in [-0.15, -0.1) is 0 Å². The smallest absolute Gasteiger partial charge is 0.256 e. The fourth-order valence-electron chi connectivity index (χ4n) is 2.31. The van der Waals surface area contributed by atoms with Crippen molar-refractivity contribution in [2.45, 2.75) is 26.4 Å². The van der Waals surface area contributed by atoms with Crippen molar-refractivity contribution in [1.82, 2.24) is 19.7 Å². The van der Waals surface area contributed by atoms with Crippen LogP contribution >= 0.6 is 0 Å². The molecule has 2 aromatic rings. The number of hydrogen-bond acceptors (Lipinski definition) is 3. The molecule has 0 bridgehead atoms. The summed E-state index contributed by atoms with van der Waals surface area (Å²) in [6.07, 6.45) is 5.40. The van der Waals surface area contributed by atoms with Gasteiger partial charge < -0.3 is 15.0 Å². The van der Waals surface area contributed by atoms with Gasteiger partial charge in [0, 0.05) is 26.0 Å². The molecular formula is C15H22N4O2. The number of carbonyl (C=O) groups is 1. The maximum absolute atomic E-state index is 12.3. The van der Waals surface area contributed by atoms with E-state index in [0.717, 1.165) is 0 Å². The van der Waals surface area contributed by atoms with Crippen LogP contribution in [0.3, 0.4) is 0 Å². The number of aliphatic hydroxyl groups excluding tert-OH is 1. The number of nitrogens with zero attached hydrogens (tertiary/aromatic N) is 3. The number of hydrogen-bond donors (Lipinski definition) is 2. The van der Waals surface area contributed by atoms with Crippen LogP contribution in [0.4, 0.5) is 0 Å². The summed E-state index contributed by atoms with van der Waals surface area (Å²) >= 11 is 0. The molecule has 21 heavy (non-hydrogen) atoms. The quantitative estimate of drug-likeness (QED) is 0.843. The predicted octanol–water partition coefficient (Wildman–Crippen LogP) is 1.35. The summed E-state index contributed by atoms with van der Waals surface area (Å²) in [5.41, 5.74) is 0.491. The van der Waals surface area contributed by atoms with Gasteiger partial charge in [0.2, 0.25) is 0 Å². The van der Waals surface area contributed by atoms with Crippen molar-refractivity contribution in [3.63, 3.8) is 0 Å². The average molecular weight is 290 g/mol. The number of amides is 1. The van der Waals surface area contributed by atoms with Gasteiger partial charge in [-0.25, -0.2) is 0 Å². The summed E-state index contributed by atoms with van der Waals surface area (Å²) < 4.78 is 3.49. The Morgan fingerprint density at radius 2 is 2.05 bits per heavy atom. The molecule has 0 saturated carbocycles. The zero-order valence-electron chi connectivity index (χ0n) is 12.7. The SMILES string of the molecule is CC(C)CC(O)CNC(=O)c1cnn(C)c1-n1cccc1. The van der Waals surface area contributed by atoms with Gasteiger partial charge in [-0.05, 0) is 24.5 Å². The minimum Gasteiger partial charge on any atom is -0.391 e. The molecule has 2 N–H and O–H groups in total. The lowest BCUT2D eigenvalue weighted by atomic mass is 10.1. The minimum atomic E-state index is -0.527. The zero-order valence-corrected chi connectivity index (χ0v) is 12.7. The fourth-order valence-corrected chi connectivity index (χ4v) is 2.31. The van der Waals surface area contributed by atoms with Gasteiger partial charge in [0.15, 0.2) is 0 Å². The Labute approximate surface area is 124 Å². The Morgan fingerprint density at radius 3 is 2.67 bits per heavy atom. The number of aromatic nitrogens is 3. The first-order chi connectivity index (χ1) is 9.99. The van der Waals surface area contributed by atoms with Crippen molar-refractivity contribution >= 4 is 5.91 Å². The summed E-state index contributed by atoms with van der Waals surface area (Å²) in [6.45, 7) is 4.32. The summed E-state index contributed by atoms with van der Waals surface area (Å²) in [6, 6.07) is 3.78. The molecule has 1 amide bonds. The molecule has 0 aromatic carbocycles. The minimum absolute atomic E-state index is 0.227. The number of carbonyl (C=O) groups excluding carboxylic acids is 1. The molecule has 1 unspecified atom stereocenters. The van der Waals surface area contributed by atoms with E-state index in [1.807, 2.05) is 42.9 Å². The third-order valence-corrected chi connectivity index (χ3v) is 3.24. The van der Waals surface area contributed by atoms with Crippen LogP contribution in [-0.4, -0.2) is 38.0 Å². The lowest BCUT2D eigenvalue weighted by Crippen LogP contribution is -2.33. The highest BCUT2D eigenvalue weighted by atomic mass is 16.3. The largest absolute Gasteiger partial charge is 0.391 e. The topological polar surface area (TPSA) is 72.1 Å². The van der Waals surface area contributed by atoms with Crippen LogP contribution in [0.2, 0.25) is 0 Å². The van der Waals surface area contributed by atoms with Gasteiger partial charge in [0.1, 0.15) is 11.4 Å². The van der Waals surface area contributed by atoms with E-state index in [9.17, 15) is 9.90 Å². The number of nitrogens with one attached hydrogen (secondary N) is 1. The van der Waals surface area contributed by atoms with Crippen LogP contribution in [0.5, 0.6) is 0 Å². The van der Waals surface area contributed by atoms with E-state index in [-0.39, 0.29) is 12.5 Å². The second-order valence-electron chi connectivity index (χ2n) is 5.59. The first-order valence-electron chi connectivity index (χ1n) is 7.10. The van der Waals surface area contributed by atoms with Gasteiger partial charge in [-0.3, -0.25) is 9.48 Å². The Morgan fingerprint density at radius 1 is 1.38 bits per heavy atom. The Balaban J connectivity index is 2.07. The van der Waals surface area contributed by atoms with Gasteiger partial charge in [-0.2, -0.15) is 5.10 Å². The molecule has 2 rings (SSSR count). The van der Waals surface area contributed by atoms with Gasteiger partial charge in [-0.1, -0.05) is 13.8 Å². The molecule has 114 valence electrons. The first-order valence-corrected chi connectivity index (χ1v) is 7.10. The highest BCUT2D eigenvalue weighted by molar-refractivity contribution is 5.97. The highest BCUT2D eigenvalue weighted by Crippen LogP contribution is 2.14. The van der Waals surface area contributed by atoms with Crippen LogP contribution < -0.4 is 5.32 Å². The maximum Gasteiger partial charge on any atom is 0.256 e. The maximum atomic E-state index is 12.3. The average Bonchev–Trinajstić information content (AvgIpc) is 3.03. The summed E-state index contributed by atoms with van der Waals surface area (Å²) in [7, 11) is 1.79. The molecule has 0 fully saturated rings. The number of aryl methyl sites for hydroxylation is 1. The van der Waals surface area contributed by atoms with Crippen molar-refractivity contribution in [3.05, 3.63) is 36.3 Å². The van der Waals surface area contributed by atoms with Crippen LogP contribution in [0.1, 0.15) is 30.6 Å². The van der Waals surface area contributed by atoms with Crippen LogP contribution in [-0.2, 0) is 7.05 Å². The predicted molar refractivity (Wildman–Crippen MR) is 80.3 cm³/mol. The van der Waals surface area contributed by atoms with Gasteiger partial charge >= 0.3 is 0 Å². The lowest BCUT2D eigenvalue weighted by molar-refractivity contribution is 0.0900. The van der Waals surface area contributed by atoms with E-state index in [4.69, 9.17) is 0 Å². The number of rotatable bonds is 6.